The van der Waals surface area contributed by atoms with E-state index in [2.05, 4.69) is 4.72 Å². The first-order valence-corrected chi connectivity index (χ1v) is 8.07. The highest BCUT2D eigenvalue weighted by Crippen LogP contribution is 2.19. The zero-order valence-corrected chi connectivity index (χ0v) is 12.1. The smallest absolute Gasteiger partial charge is 0.214 e. The Balaban J connectivity index is 0.00000162. The molecule has 3 N–H and O–H groups in total. The number of nitrogens with two attached hydrogens (primary N) is 1. The van der Waals surface area contributed by atoms with Crippen LogP contribution in [0.5, 0.6) is 0 Å². The maximum absolute atomic E-state index is 11.9. The molecule has 7 heteroatoms. The summed E-state index contributed by atoms with van der Waals surface area (Å²) in [5, 5.41) is 0. The molecule has 18 heavy (non-hydrogen) atoms. The van der Waals surface area contributed by atoms with Crippen LogP contribution in [-0.2, 0) is 14.8 Å². The lowest BCUT2D eigenvalue weighted by Gasteiger charge is -2.27. The normalized spacial score (nSPS) is 33.1. The van der Waals surface area contributed by atoms with Crippen LogP contribution >= 0.6 is 12.4 Å². The molecule has 0 radical (unpaired) electrons. The lowest BCUT2D eigenvalue weighted by molar-refractivity contribution is 0.127. The van der Waals surface area contributed by atoms with Crippen LogP contribution in [0.25, 0.3) is 0 Å². The summed E-state index contributed by atoms with van der Waals surface area (Å²) < 4.78 is 32.0. The second-order valence-corrected chi connectivity index (χ2v) is 6.94. The molecule has 0 aromatic rings. The Labute approximate surface area is 115 Å². The number of rotatable bonds is 4. The molecule has 1 aliphatic heterocycles. The van der Waals surface area contributed by atoms with Crippen LogP contribution in [0.1, 0.15) is 38.5 Å². The van der Waals surface area contributed by atoms with Crippen molar-refractivity contribution in [1.29, 1.82) is 0 Å². The summed E-state index contributed by atoms with van der Waals surface area (Å²) in [6, 6.07) is 0.315. The standard InChI is InChI=1S/C11H22N2O3S.ClH/c12-9-3-5-10(6-4-9)13-17(14,15)8-11-2-1-7-16-11;/h9-11,13H,1-8,12H2;1H. The molecule has 108 valence electrons. The fourth-order valence-corrected chi connectivity index (χ4v) is 4.15. The SMILES string of the molecule is Cl.NC1CCC(NS(=O)(=O)CC2CCCO2)CC1. The summed E-state index contributed by atoms with van der Waals surface area (Å²) in [5.74, 6) is 0.107. The molecular formula is C11H23ClN2O3S. The molecule has 2 rings (SSSR count). The second kappa shape index (κ2) is 7.05. The monoisotopic (exact) mass is 298 g/mol. The fraction of sp³-hybridized carbons (Fsp3) is 1.00. The fourth-order valence-electron chi connectivity index (χ4n) is 2.56. The van der Waals surface area contributed by atoms with Gasteiger partial charge < -0.3 is 10.5 Å². The van der Waals surface area contributed by atoms with E-state index in [0.717, 1.165) is 38.5 Å². The van der Waals surface area contributed by atoms with Crippen molar-refractivity contribution in [3.8, 4) is 0 Å². The molecular weight excluding hydrogens is 276 g/mol. The first-order chi connectivity index (χ1) is 8.05. The van der Waals surface area contributed by atoms with E-state index in [-0.39, 0.29) is 36.3 Å². The van der Waals surface area contributed by atoms with E-state index in [1.165, 1.54) is 0 Å². The van der Waals surface area contributed by atoms with Gasteiger partial charge in [-0.05, 0) is 38.5 Å². The minimum atomic E-state index is -3.20. The summed E-state index contributed by atoms with van der Waals surface area (Å²) in [6.45, 7) is 0.693. The maximum atomic E-state index is 11.9. The van der Waals surface area contributed by atoms with E-state index in [1.807, 2.05) is 0 Å². The van der Waals surface area contributed by atoms with Gasteiger partial charge in [0, 0.05) is 18.7 Å². The summed E-state index contributed by atoms with van der Waals surface area (Å²) in [6.07, 6.45) is 5.24. The van der Waals surface area contributed by atoms with E-state index in [4.69, 9.17) is 10.5 Å². The number of sulfonamides is 1. The van der Waals surface area contributed by atoms with Crippen molar-refractivity contribution in [2.45, 2.75) is 56.7 Å². The van der Waals surface area contributed by atoms with Gasteiger partial charge in [0.15, 0.2) is 0 Å². The number of hydrogen-bond acceptors (Lipinski definition) is 4. The summed E-state index contributed by atoms with van der Waals surface area (Å²) >= 11 is 0. The largest absolute Gasteiger partial charge is 0.377 e. The average Bonchev–Trinajstić information content (AvgIpc) is 2.73. The highest BCUT2D eigenvalue weighted by molar-refractivity contribution is 7.89. The van der Waals surface area contributed by atoms with Gasteiger partial charge in [-0.2, -0.15) is 0 Å². The summed E-state index contributed by atoms with van der Waals surface area (Å²) in [4.78, 5) is 0. The van der Waals surface area contributed by atoms with Gasteiger partial charge in [-0.3, -0.25) is 0 Å². The Morgan fingerprint density at radius 3 is 2.39 bits per heavy atom. The van der Waals surface area contributed by atoms with Gasteiger partial charge in [-0.25, -0.2) is 13.1 Å². The molecule has 1 saturated carbocycles. The zero-order valence-electron chi connectivity index (χ0n) is 10.5. The minimum Gasteiger partial charge on any atom is -0.377 e. The highest BCUT2D eigenvalue weighted by atomic mass is 35.5. The molecule has 1 unspecified atom stereocenters. The molecule has 0 amide bonds. The van der Waals surface area contributed by atoms with Crippen molar-refractivity contribution in [1.82, 2.24) is 4.72 Å². The van der Waals surface area contributed by atoms with Gasteiger partial charge >= 0.3 is 0 Å². The Morgan fingerprint density at radius 1 is 1.17 bits per heavy atom. The predicted octanol–water partition coefficient (Wildman–Crippen LogP) is 0.776. The molecule has 5 nitrogen and oxygen atoms in total. The maximum Gasteiger partial charge on any atom is 0.214 e. The minimum absolute atomic E-state index is 0. The molecule has 1 heterocycles. The quantitative estimate of drug-likeness (QED) is 0.803. The molecule has 1 atom stereocenters. The lowest BCUT2D eigenvalue weighted by Crippen LogP contribution is -2.42. The highest BCUT2D eigenvalue weighted by Gasteiger charge is 2.27. The van der Waals surface area contributed by atoms with Crippen molar-refractivity contribution in [3.05, 3.63) is 0 Å². The topological polar surface area (TPSA) is 81.4 Å². The summed E-state index contributed by atoms with van der Waals surface area (Å²) in [7, 11) is -3.20. The van der Waals surface area contributed by atoms with Gasteiger partial charge in [0.25, 0.3) is 0 Å². The Hall–Kier alpha value is 0.120. The second-order valence-electron chi connectivity index (χ2n) is 5.15. The van der Waals surface area contributed by atoms with Gasteiger partial charge in [-0.15, -0.1) is 12.4 Å². The van der Waals surface area contributed by atoms with Crippen LogP contribution < -0.4 is 10.5 Å². The van der Waals surface area contributed by atoms with Crippen molar-refractivity contribution >= 4 is 22.4 Å². The van der Waals surface area contributed by atoms with Crippen molar-refractivity contribution in [2.24, 2.45) is 5.73 Å². The number of ether oxygens (including phenoxy) is 1. The van der Waals surface area contributed by atoms with Gasteiger partial charge in [0.05, 0.1) is 11.9 Å². The van der Waals surface area contributed by atoms with Gasteiger partial charge in [0.2, 0.25) is 10.0 Å². The third-order valence-electron chi connectivity index (χ3n) is 3.55. The van der Waals surface area contributed by atoms with Crippen molar-refractivity contribution in [2.75, 3.05) is 12.4 Å². The van der Waals surface area contributed by atoms with E-state index in [1.54, 1.807) is 0 Å². The predicted molar refractivity (Wildman–Crippen MR) is 73.4 cm³/mol. The van der Waals surface area contributed by atoms with Crippen LogP contribution in [0.15, 0.2) is 0 Å². The molecule has 2 fully saturated rings. The van der Waals surface area contributed by atoms with Crippen LogP contribution in [0, 0.1) is 0 Å². The average molecular weight is 299 g/mol. The van der Waals surface area contributed by atoms with Crippen LogP contribution in [0.3, 0.4) is 0 Å². The Bertz CT molecular complexity index is 336. The van der Waals surface area contributed by atoms with E-state index in [9.17, 15) is 8.42 Å². The van der Waals surface area contributed by atoms with Gasteiger partial charge in [-0.1, -0.05) is 0 Å². The van der Waals surface area contributed by atoms with Crippen LogP contribution in [0.2, 0.25) is 0 Å². The molecule has 0 aromatic carbocycles. The number of hydrogen-bond donors (Lipinski definition) is 2. The Morgan fingerprint density at radius 2 is 1.83 bits per heavy atom. The molecule has 2 aliphatic rings. The molecule has 0 aromatic heterocycles. The Kier molecular flexibility index (Phi) is 6.34. The van der Waals surface area contributed by atoms with Gasteiger partial charge in [0.1, 0.15) is 0 Å². The van der Waals surface area contributed by atoms with E-state index >= 15 is 0 Å². The van der Waals surface area contributed by atoms with Crippen LogP contribution in [-0.4, -0.2) is 39.0 Å². The van der Waals surface area contributed by atoms with Crippen LogP contribution in [0.4, 0.5) is 0 Å². The third-order valence-corrected chi connectivity index (χ3v) is 5.05. The number of halogens is 1. The molecule has 0 bridgehead atoms. The van der Waals surface area contributed by atoms with E-state index < -0.39 is 10.0 Å². The molecule has 0 spiro atoms. The zero-order chi connectivity index (χ0) is 12.3. The number of nitrogens with one attached hydrogen (secondary N) is 1. The first kappa shape index (κ1) is 16.2. The molecule has 1 saturated heterocycles. The first-order valence-electron chi connectivity index (χ1n) is 6.42. The third kappa shape index (κ3) is 5.01. The van der Waals surface area contributed by atoms with Crippen molar-refractivity contribution < 1.29 is 13.2 Å². The van der Waals surface area contributed by atoms with E-state index in [0.29, 0.717) is 6.61 Å². The van der Waals surface area contributed by atoms with Crippen molar-refractivity contribution in [3.63, 3.8) is 0 Å². The lowest BCUT2D eigenvalue weighted by atomic mass is 9.93. The summed E-state index contributed by atoms with van der Waals surface area (Å²) in [5.41, 5.74) is 5.80. The molecule has 1 aliphatic carbocycles.